The maximum atomic E-state index is 13.7. The molecule has 1 amide bonds. The number of hydrogen-bond acceptors (Lipinski definition) is 6. The second-order valence-corrected chi connectivity index (χ2v) is 9.81. The van der Waals surface area contributed by atoms with Crippen molar-refractivity contribution < 1.29 is 13.9 Å². The van der Waals surface area contributed by atoms with E-state index >= 15 is 0 Å². The van der Waals surface area contributed by atoms with Gasteiger partial charge in [0.1, 0.15) is 11.5 Å². The first kappa shape index (κ1) is 26.8. The maximum absolute atomic E-state index is 13.7. The normalized spacial score (nSPS) is 10.9. The lowest BCUT2D eigenvalue weighted by Crippen LogP contribution is -2.24. The summed E-state index contributed by atoms with van der Waals surface area (Å²) in [5.74, 6) is 1.52. The molecule has 202 valence electrons. The fourth-order valence-electron chi connectivity index (χ4n) is 4.04. The predicted octanol–water partition coefficient (Wildman–Crippen LogP) is 7.07. The molecule has 2 aromatic heterocycles. The van der Waals surface area contributed by atoms with E-state index in [1.807, 2.05) is 24.3 Å². The van der Waals surface area contributed by atoms with Crippen LogP contribution in [0.2, 0.25) is 5.02 Å². The van der Waals surface area contributed by atoms with Crippen molar-refractivity contribution in [2.45, 2.75) is 26.3 Å². The number of nitrogens with one attached hydrogen (secondary N) is 2. The summed E-state index contributed by atoms with van der Waals surface area (Å²) in [7, 11) is 0. The number of carbonyl (C=O) groups is 1. The number of amides is 1. The predicted molar refractivity (Wildman–Crippen MR) is 155 cm³/mol. The summed E-state index contributed by atoms with van der Waals surface area (Å²) in [6.07, 6.45) is 3.02. The highest BCUT2D eigenvalue weighted by molar-refractivity contribution is 6.30. The highest BCUT2D eigenvalue weighted by Gasteiger charge is 2.17. The molecule has 0 atom stereocenters. The van der Waals surface area contributed by atoms with Gasteiger partial charge in [0.25, 0.3) is 11.5 Å². The van der Waals surface area contributed by atoms with Crippen LogP contribution in [0.1, 0.15) is 41.4 Å². The van der Waals surface area contributed by atoms with Gasteiger partial charge in [-0.25, -0.2) is 0 Å². The van der Waals surface area contributed by atoms with Crippen molar-refractivity contribution in [2.24, 2.45) is 0 Å². The molecule has 0 saturated heterocycles. The number of ether oxygens (including phenoxy) is 1. The van der Waals surface area contributed by atoms with E-state index in [-0.39, 0.29) is 23.9 Å². The quantitative estimate of drug-likeness (QED) is 0.202. The molecule has 5 aromatic rings. The van der Waals surface area contributed by atoms with Crippen LogP contribution in [0.3, 0.4) is 0 Å². The molecular formula is C31H27ClN4O4. The Morgan fingerprint density at radius 2 is 1.82 bits per heavy atom. The molecule has 2 heterocycles. The molecule has 0 fully saturated rings. The number of aromatic nitrogens is 2. The zero-order valence-corrected chi connectivity index (χ0v) is 22.7. The molecule has 0 aliphatic heterocycles. The van der Waals surface area contributed by atoms with Gasteiger partial charge < -0.3 is 19.8 Å². The first-order chi connectivity index (χ1) is 19.4. The van der Waals surface area contributed by atoms with Crippen molar-refractivity contribution in [3.63, 3.8) is 0 Å². The molecule has 0 aliphatic carbocycles. The van der Waals surface area contributed by atoms with Crippen LogP contribution in [-0.4, -0.2) is 15.7 Å². The summed E-state index contributed by atoms with van der Waals surface area (Å²) in [5.41, 5.74) is 2.29. The average molecular weight is 555 g/mol. The number of furan rings is 1. The third kappa shape index (κ3) is 6.24. The Bertz CT molecular complexity index is 1680. The van der Waals surface area contributed by atoms with Crippen LogP contribution in [0, 0.1) is 0 Å². The SMILES string of the molecule is CC(C)c1ccc(Oc2cnn(-c3cccc(Cl)c3)c(=O)c2Nc2cccc(C(=O)NCc3ccco3)c2)cc1. The minimum atomic E-state index is -0.453. The number of anilines is 2. The smallest absolute Gasteiger partial charge is 0.299 e. The minimum absolute atomic E-state index is 0.149. The number of carbonyl (C=O) groups excluding carboxylic acids is 1. The highest BCUT2D eigenvalue weighted by atomic mass is 35.5. The lowest BCUT2D eigenvalue weighted by molar-refractivity contribution is 0.0948. The Morgan fingerprint density at radius 3 is 2.55 bits per heavy atom. The van der Waals surface area contributed by atoms with E-state index in [2.05, 4.69) is 29.6 Å². The molecule has 9 heteroatoms. The second kappa shape index (κ2) is 11.9. The Balaban J connectivity index is 1.47. The molecule has 0 aliphatic rings. The topological polar surface area (TPSA) is 98.4 Å². The van der Waals surface area contributed by atoms with Crippen molar-refractivity contribution >= 4 is 28.9 Å². The van der Waals surface area contributed by atoms with E-state index in [4.69, 9.17) is 20.8 Å². The molecule has 5 rings (SSSR count). The van der Waals surface area contributed by atoms with Crippen LogP contribution in [0.5, 0.6) is 11.5 Å². The van der Waals surface area contributed by atoms with Crippen molar-refractivity contribution in [3.8, 4) is 17.2 Å². The molecule has 0 unspecified atom stereocenters. The van der Waals surface area contributed by atoms with E-state index in [0.29, 0.717) is 39.4 Å². The van der Waals surface area contributed by atoms with Crippen LogP contribution in [0.4, 0.5) is 11.4 Å². The number of rotatable bonds is 9. The molecule has 0 saturated carbocycles. The summed E-state index contributed by atoms with van der Waals surface area (Å²) in [6.45, 7) is 4.48. The van der Waals surface area contributed by atoms with E-state index in [0.717, 1.165) is 0 Å². The van der Waals surface area contributed by atoms with Gasteiger partial charge >= 0.3 is 0 Å². The molecule has 0 bridgehead atoms. The first-order valence-corrected chi connectivity index (χ1v) is 13.1. The molecule has 40 heavy (non-hydrogen) atoms. The summed E-state index contributed by atoms with van der Waals surface area (Å²) in [6, 6.07) is 24.9. The van der Waals surface area contributed by atoms with Gasteiger partial charge in [-0.3, -0.25) is 9.59 Å². The summed E-state index contributed by atoms with van der Waals surface area (Å²) < 4.78 is 12.6. The van der Waals surface area contributed by atoms with Crippen LogP contribution < -0.4 is 20.9 Å². The van der Waals surface area contributed by atoms with Crippen LogP contribution >= 0.6 is 11.6 Å². The Kier molecular flexibility index (Phi) is 7.98. The fraction of sp³-hybridized carbons (Fsp3) is 0.129. The Hall–Kier alpha value is -4.82. The zero-order valence-electron chi connectivity index (χ0n) is 21.9. The lowest BCUT2D eigenvalue weighted by atomic mass is 10.0. The van der Waals surface area contributed by atoms with E-state index < -0.39 is 5.56 Å². The maximum Gasteiger partial charge on any atom is 0.299 e. The third-order valence-corrected chi connectivity index (χ3v) is 6.40. The van der Waals surface area contributed by atoms with Crippen molar-refractivity contribution in [3.05, 3.63) is 130 Å². The van der Waals surface area contributed by atoms with Crippen LogP contribution in [0.25, 0.3) is 5.69 Å². The van der Waals surface area contributed by atoms with Gasteiger partial charge in [0.15, 0.2) is 11.4 Å². The monoisotopic (exact) mass is 554 g/mol. The largest absolute Gasteiger partial charge is 0.467 e. The standard InChI is InChI=1S/C31H27ClN4O4/c1-20(2)21-11-13-26(14-12-21)40-28-19-34-36(25-9-4-7-23(32)17-25)31(38)29(28)35-24-8-3-6-22(16-24)30(37)33-18-27-10-5-15-39-27/h3-17,19-20,35H,18H2,1-2H3,(H,33,37). The first-order valence-electron chi connectivity index (χ1n) is 12.7. The molecular weight excluding hydrogens is 528 g/mol. The fourth-order valence-corrected chi connectivity index (χ4v) is 4.22. The average Bonchev–Trinajstić information content (AvgIpc) is 3.48. The molecule has 3 aromatic carbocycles. The Labute approximate surface area is 236 Å². The van der Waals surface area contributed by atoms with Crippen molar-refractivity contribution in [2.75, 3.05) is 5.32 Å². The molecule has 2 N–H and O–H groups in total. The van der Waals surface area contributed by atoms with Crippen LogP contribution in [-0.2, 0) is 6.54 Å². The van der Waals surface area contributed by atoms with Gasteiger partial charge in [0.2, 0.25) is 0 Å². The highest BCUT2D eigenvalue weighted by Crippen LogP contribution is 2.30. The van der Waals surface area contributed by atoms with Gasteiger partial charge in [-0.05, 0) is 72.1 Å². The van der Waals surface area contributed by atoms with Crippen LogP contribution in [0.15, 0.2) is 107 Å². The van der Waals surface area contributed by atoms with Gasteiger partial charge in [0.05, 0.1) is 24.7 Å². The summed E-state index contributed by atoms with van der Waals surface area (Å²) in [4.78, 5) is 26.5. The summed E-state index contributed by atoms with van der Waals surface area (Å²) >= 11 is 6.17. The molecule has 8 nitrogen and oxygen atoms in total. The zero-order chi connectivity index (χ0) is 28.1. The van der Waals surface area contributed by atoms with Crippen molar-refractivity contribution in [1.82, 2.24) is 15.1 Å². The third-order valence-electron chi connectivity index (χ3n) is 6.17. The Morgan fingerprint density at radius 1 is 1.02 bits per heavy atom. The van der Waals surface area contributed by atoms with Gasteiger partial charge in [0, 0.05) is 16.3 Å². The van der Waals surface area contributed by atoms with Gasteiger partial charge in [-0.2, -0.15) is 9.78 Å². The number of nitrogens with zero attached hydrogens (tertiary/aromatic N) is 2. The molecule has 0 spiro atoms. The number of benzene rings is 3. The number of halogens is 1. The summed E-state index contributed by atoms with van der Waals surface area (Å²) in [5, 5.41) is 10.8. The van der Waals surface area contributed by atoms with Gasteiger partial charge in [-0.1, -0.05) is 49.7 Å². The lowest BCUT2D eigenvalue weighted by Gasteiger charge is -2.15. The molecule has 0 radical (unpaired) electrons. The van der Waals surface area contributed by atoms with Crippen molar-refractivity contribution in [1.29, 1.82) is 0 Å². The minimum Gasteiger partial charge on any atom is -0.467 e. The van der Waals surface area contributed by atoms with Gasteiger partial charge in [-0.15, -0.1) is 0 Å². The van der Waals surface area contributed by atoms with E-state index in [1.165, 1.54) is 16.4 Å². The second-order valence-electron chi connectivity index (χ2n) is 9.37. The van der Waals surface area contributed by atoms with E-state index in [9.17, 15) is 9.59 Å². The number of hydrogen-bond donors (Lipinski definition) is 2. The van der Waals surface area contributed by atoms with E-state index in [1.54, 1.807) is 66.9 Å².